The van der Waals surface area contributed by atoms with Crippen LogP contribution < -0.4 is 0 Å². The molecule has 0 N–H and O–H groups in total. The average molecular weight is 284 g/mol. The molecule has 1 aliphatic heterocycles. The van der Waals surface area contributed by atoms with Crippen molar-refractivity contribution in [3.05, 3.63) is 29.6 Å². The zero-order chi connectivity index (χ0) is 14.3. The summed E-state index contributed by atoms with van der Waals surface area (Å²) in [6.45, 7) is 6.41. The van der Waals surface area contributed by atoms with Crippen LogP contribution in [-0.2, 0) is 9.84 Å². The van der Waals surface area contributed by atoms with Gasteiger partial charge in [-0.05, 0) is 47.9 Å². The van der Waals surface area contributed by atoms with Crippen LogP contribution in [0.3, 0.4) is 0 Å². The number of hydrogen-bond donors (Lipinski definition) is 0. The minimum absolute atomic E-state index is 0.00671. The van der Waals surface area contributed by atoms with Crippen LogP contribution in [0.4, 0.5) is 4.39 Å². The van der Waals surface area contributed by atoms with E-state index in [1.165, 1.54) is 18.2 Å². The van der Waals surface area contributed by atoms with Gasteiger partial charge in [-0.1, -0.05) is 27.2 Å². The smallest absolute Gasteiger partial charge is 0.178 e. The second-order valence-corrected chi connectivity index (χ2v) is 8.16. The summed E-state index contributed by atoms with van der Waals surface area (Å²) in [4.78, 5) is 0.328. The first-order valence-electron chi connectivity index (χ1n) is 6.80. The molecular formula is C15H21FO2S. The number of halogens is 1. The van der Waals surface area contributed by atoms with E-state index in [0.29, 0.717) is 16.9 Å². The summed E-state index contributed by atoms with van der Waals surface area (Å²) in [5, 5.41) is 0. The van der Waals surface area contributed by atoms with Gasteiger partial charge in [0.15, 0.2) is 9.84 Å². The Bertz CT molecular complexity index is 576. The van der Waals surface area contributed by atoms with Crippen molar-refractivity contribution in [3.63, 3.8) is 0 Å². The van der Waals surface area contributed by atoms with Crippen molar-refractivity contribution in [2.45, 2.75) is 50.8 Å². The third-order valence-corrected chi connectivity index (χ3v) is 6.01. The molecule has 1 aromatic rings. The summed E-state index contributed by atoms with van der Waals surface area (Å²) in [7, 11) is -3.23. The molecule has 1 atom stereocenters. The van der Waals surface area contributed by atoms with Crippen LogP contribution in [0.2, 0.25) is 0 Å². The topological polar surface area (TPSA) is 34.1 Å². The lowest BCUT2D eigenvalue weighted by atomic mass is 9.71. The maximum absolute atomic E-state index is 13.5. The fourth-order valence-corrected chi connectivity index (χ4v) is 4.85. The molecule has 1 unspecified atom stereocenters. The summed E-state index contributed by atoms with van der Waals surface area (Å²) in [6.07, 6.45) is 2.64. The van der Waals surface area contributed by atoms with Crippen LogP contribution >= 0.6 is 0 Å². The van der Waals surface area contributed by atoms with Gasteiger partial charge in [0.1, 0.15) is 5.82 Å². The van der Waals surface area contributed by atoms with E-state index < -0.39 is 9.84 Å². The molecule has 0 radical (unpaired) electrons. The molecular weight excluding hydrogens is 263 g/mol. The van der Waals surface area contributed by atoms with Crippen molar-refractivity contribution in [1.82, 2.24) is 0 Å². The number of sulfone groups is 1. The van der Waals surface area contributed by atoms with Crippen molar-refractivity contribution < 1.29 is 12.8 Å². The standard InChI is InChI=1S/C15H21FO2S/c1-4-8-15(2,3)13-7-9-19(17,18)14-6-5-11(16)10-12(13)14/h5-6,10,13H,4,7-9H2,1-3H3. The molecule has 2 nitrogen and oxygen atoms in total. The van der Waals surface area contributed by atoms with Crippen molar-refractivity contribution in [2.24, 2.45) is 5.41 Å². The first kappa shape index (κ1) is 14.5. The molecule has 0 aromatic heterocycles. The molecule has 0 saturated heterocycles. The van der Waals surface area contributed by atoms with Gasteiger partial charge in [-0.25, -0.2) is 12.8 Å². The van der Waals surface area contributed by atoms with Crippen molar-refractivity contribution in [2.75, 3.05) is 5.75 Å². The van der Waals surface area contributed by atoms with Gasteiger partial charge in [-0.15, -0.1) is 0 Å². The van der Waals surface area contributed by atoms with Crippen LogP contribution in [0.15, 0.2) is 23.1 Å². The van der Waals surface area contributed by atoms with E-state index in [9.17, 15) is 12.8 Å². The maximum Gasteiger partial charge on any atom is 0.178 e. The quantitative estimate of drug-likeness (QED) is 0.789. The van der Waals surface area contributed by atoms with Crippen LogP contribution in [0.1, 0.15) is 51.5 Å². The number of rotatable bonds is 3. The molecule has 19 heavy (non-hydrogen) atoms. The maximum atomic E-state index is 13.5. The summed E-state index contributed by atoms with van der Waals surface area (Å²) < 4.78 is 37.7. The zero-order valence-corrected chi connectivity index (χ0v) is 12.6. The molecule has 0 spiro atoms. The fourth-order valence-electron chi connectivity index (χ4n) is 3.24. The second kappa shape index (κ2) is 4.89. The van der Waals surface area contributed by atoms with Gasteiger partial charge in [0.05, 0.1) is 10.6 Å². The Morgan fingerprint density at radius 2 is 2.05 bits per heavy atom. The van der Waals surface area contributed by atoms with Gasteiger partial charge in [0.2, 0.25) is 0 Å². The first-order chi connectivity index (χ1) is 8.78. The Morgan fingerprint density at radius 1 is 1.37 bits per heavy atom. The largest absolute Gasteiger partial charge is 0.224 e. The van der Waals surface area contributed by atoms with E-state index in [-0.39, 0.29) is 22.9 Å². The van der Waals surface area contributed by atoms with Crippen molar-refractivity contribution in [1.29, 1.82) is 0 Å². The summed E-state index contributed by atoms with van der Waals surface area (Å²) in [5.74, 6) is -0.0708. The minimum Gasteiger partial charge on any atom is -0.224 e. The molecule has 1 aromatic carbocycles. The highest BCUT2D eigenvalue weighted by Gasteiger charge is 2.38. The average Bonchev–Trinajstić information content (AvgIpc) is 2.27. The number of benzene rings is 1. The first-order valence-corrected chi connectivity index (χ1v) is 8.45. The van der Waals surface area contributed by atoms with E-state index in [0.717, 1.165) is 12.8 Å². The Balaban J connectivity index is 2.55. The summed E-state index contributed by atoms with van der Waals surface area (Å²) in [6, 6.07) is 4.08. The number of fused-ring (bicyclic) bond motifs is 1. The fraction of sp³-hybridized carbons (Fsp3) is 0.600. The molecule has 1 aliphatic rings. The SMILES string of the molecule is CCCC(C)(C)C1CCS(=O)(=O)c2ccc(F)cc21. The van der Waals surface area contributed by atoms with E-state index in [1.54, 1.807) is 0 Å². The lowest BCUT2D eigenvalue weighted by Crippen LogP contribution is -2.30. The van der Waals surface area contributed by atoms with E-state index in [2.05, 4.69) is 20.8 Å². The van der Waals surface area contributed by atoms with E-state index >= 15 is 0 Å². The van der Waals surface area contributed by atoms with Gasteiger partial charge >= 0.3 is 0 Å². The Kier molecular flexibility index (Phi) is 3.74. The number of hydrogen-bond acceptors (Lipinski definition) is 2. The second-order valence-electron chi connectivity index (χ2n) is 6.08. The predicted molar refractivity (Wildman–Crippen MR) is 74.5 cm³/mol. The van der Waals surface area contributed by atoms with Gasteiger partial charge in [0.25, 0.3) is 0 Å². The minimum atomic E-state index is -3.23. The summed E-state index contributed by atoms with van der Waals surface area (Å²) >= 11 is 0. The molecule has 0 aliphatic carbocycles. The van der Waals surface area contributed by atoms with Gasteiger partial charge in [-0.2, -0.15) is 0 Å². The highest BCUT2D eigenvalue weighted by Crippen LogP contribution is 2.46. The van der Waals surface area contributed by atoms with E-state index in [1.807, 2.05) is 0 Å². The third kappa shape index (κ3) is 2.69. The lowest BCUT2D eigenvalue weighted by molar-refractivity contribution is 0.247. The lowest BCUT2D eigenvalue weighted by Gasteiger charge is -2.38. The molecule has 0 bridgehead atoms. The van der Waals surface area contributed by atoms with Crippen molar-refractivity contribution >= 4 is 9.84 Å². The van der Waals surface area contributed by atoms with Gasteiger partial charge in [0, 0.05) is 0 Å². The molecule has 106 valence electrons. The Morgan fingerprint density at radius 3 is 2.68 bits per heavy atom. The highest BCUT2D eigenvalue weighted by atomic mass is 32.2. The molecule has 0 saturated carbocycles. The van der Waals surface area contributed by atoms with Crippen LogP contribution in [-0.4, -0.2) is 14.2 Å². The summed E-state index contributed by atoms with van der Waals surface area (Å²) in [5.41, 5.74) is 0.664. The van der Waals surface area contributed by atoms with Gasteiger partial charge in [-0.3, -0.25) is 0 Å². The van der Waals surface area contributed by atoms with Crippen molar-refractivity contribution in [3.8, 4) is 0 Å². The van der Waals surface area contributed by atoms with Crippen LogP contribution in [0.25, 0.3) is 0 Å². The normalized spacial score (nSPS) is 22.0. The Hall–Kier alpha value is -0.900. The molecule has 0 amide bonds. The molecule has 2 rings (SSSR count). The third-order valence-electron chi connectivity index (χ3n) is 4.20. The van der Waals surface area contributed by atoms with Crippen LogP contribution in [0, 0.1) is 11.2 Å². The highest BCUT2D eigenvalue weighted by molar-refractivity contribution is 7.91. The predicted octanol–water partition coefficient (Wildman–Crippen LogP) is 3.91. The zero-order valence-electron chi connectivity index (χ0n) is 11.7. The molecule has 0 fully saturated rings. The molecule has 4 heteroatoms. The monoisotopic (exact) mass is 284 g/mol. The van der Waals surface area contributed by atoms with Gasteiger partial charge < -0.3 is 0 Å². The molecule has 1 heterocycles. The Labute approximate surface area is 115 Å². The van der Waals surface area contributed by atoms with Crippen LogP contribution in [0.5, 0.6) is 0 Å². The van der Waals surface area contributed by atoms with E-state index in [4.69, 9.17) is 0 Å².